The molecule has 0 saturated carbocycles. The number of nitrogens with one attached hydrogen (secondary N) is 1. The number of rotatable bonds is 1. The molecule has 1 amide bonds. The third-order valence-corrected chi connectivity index (χ3v) is 1.86. The minimum atomic E-state index is -0.574. The van der Waals surface area contributed by atoms with Crippen molar-refractivity contribution in [3.8, 4) is 0 Å². The van der Waals surface area contributed by atoms with E-state index in [4.69, 9.17) is 11.5 Å². The summed E-state index contributed by atoms with van der Waals surface area (Å²) < 4.78 is 0. The molecular formula is C8H8N4O. The Morgan fingerprint density at radius 1 is 1.54 bits per heavy atom. The molecule has 0 aliphatic carbocycles. The van der Waals surface area contributed by atoms with E-state index >= 15 is 0 Å². The molecule has 5 nitrogen and oxygen atoms in total. The number of nitrogens with two attached hydrogens (primary N) is 2. The molecular weight excluding hydrogens is 168 g/mol. The van der Waals surface area contributed by atoms with Gasteiger partial charge in [0.05, 0.1) is 5.69 Å². The van der Waals surface area contributed by atoms with E-state index in [0.717, 1.165) is 5.39 Å². The molecule has 0 aromatic carbocycles. The fraction of sp³-hybridized carbons (Fsp3) is 0. The number of hydrogen-bond acceptors (Lipinski definition) is 3. The van der Waals surface area contributed by atoms with E-state index in [1.54, 1.807) is 18.3 Å². The Balaban J connectivity index is 2.81. The maximum absolute atomic E-state index is 10.9. The number of primary amides is 1. The van der Waals surface area contributed by atoms with Crippen LogP contribution in [0.2, 0.25) is 0 Å². The summed E-state index contributed by atoms with van der Waals surface area (Å²) in [4.78, 5) is 17.6. The van der Waals surface area contributed by atoms with Crippen LogP contribution in [0.4, 0.5) is 5.69 Å². The quantitative estimate of drug-likeness (QED) is 0.580. The molecule has 2 heterocycles. The zero-order chi connectivity index (χ0) is 9.42. The van der Waals surface area contributed by atoms with Crippen molar-refractivity contribution < 1.29 is 4.79 Å². The number of carbonyl (C=O) groups excluding carboxylic acids is 1. The monoisotopic (exact) mass is 176 g/mol. The van der Waals surface area contributed by atoms with E-state index < -0.39 is 5.91 Å². The summed E-state index contributed by atoms with van der Waals surface area (Å²) in [6.45, 7) is 0. The largest absolute Gasteiger partial charge is 0.396 e. The van der Waals surface area contributed by atoms with Crippen LogP contribution in [-0.4, -0.2) is 15.9 Å². The number of hydrogen-bond donors (Lipinski definition) is 3. The van der Waals surface area contributed by atoms with Gasteiger partial charge in [0.2, 0.25) is 0 Å². The molecule has 0 unspecified atom stereocenters. The first-order valence-electron chi connectivity index (χ1n) is 3.72. The van der Waals surface area contributed by atoms with Gasteiger partial charge in [0.15, 0.2) is 0 Å². The van der Waals surface area contributed by atoms with Gasteiger partial charge in [-0.15, -0.1) is 0 Å². The highest BCUT2D eigenvalue weighted by Crippen LogP contribution is 2.21. The Kier molecular flexibility index (Phi) is 1.45. The molecule has 13 heavy (non-hydrogen) atoms. The zero-order valence-corrected chi connectivity index (χ0v) is 6.74. The summed E-state index contributed by atoms with van der Waals surface area (Å²) in [5.74, 6) is -0.574. The molecule has 2 rings (SSSR count). The van der Waals surface area contributed by atoms with Crippen LogP contribution in [0.25, 0.3) is 11.0 Å². The smallest absolute Gasteiger partial charge is 0.267 e. The van der Waals surface area contributed by atoms with Crippen molar-refractivity contribution in [2.45, 2.75) is 0 Å². The summed E-state index contributed by atoms with van der Waals surface area (Å²) in [7, 11) is 0. The predicted molar refractivity (Wildman–Crippen MR) is 49.0 cm³/mol. The van der Waals surface area contributed by atoms with Crippen LogP contribution < -0.4 is 11.5 Å². The van der Waals surface area contributed by atoms with E-state index in [0.29, 0.717) is 11.3 Å². The molecule has 66 valence electrons. The van der Waals surface area contributed by atoms with E-state index in [-0.39, 0.29) is 5.69 Å². The maximum Gasteiger partial charge on any atom is 0.267 e. The molecule has 0 spiro atoms. The molecule has 0 fully saturated rings. The fourth-order valence-electron chi connectivity index (χ4n) is 1.24. The fourth-order valence-corrected chi connectivity index (χ4v) is 1.24. The van der Waals surface area contributed by atoms with Crippen molar-refractivity contribution in [1.82, 2.24) is 9.97 Å². The Hall–Kier alpha value is -2.04. The first-order chi connectivity index (χ1) is 6.20. The molecule has 0 saturated heterocycles. The molecule has 2 aromatic heterocycles. The number of pyridine rings is 1. The average molecular weight is 176 g/mol. The van der Waals surface area contributed by atoms with Crippen LogP contribution in [0, 0.1) is 0 Å². The minimum Gasteiger partial charge on any atom is -0.396 e. The predicted octanol–water partition coefficient (Wildman–Crippen LogP) is 0.244. The van der Waals surface area contributed by atoms with E-state index in [9.17, 15) is 4.79 Å². The van der Waals surface area contributed by atoms with Crippen LogP contribution in [0.5, 0.6) is 0 Å². The van der Waals surface area contributed by atoms with Crippen LogP contribution in [0.3, 0.4) is 0 Å². The average Bonchev–Trinajstić information content (AvgIpc) is 2.45. The van der Waals surface area contributed by atoms with E-state index in [1.807, 2.05) is 0 Å². The van der Waals surface area contributed by atoms with E-state index in [1.165, 1.54) is 0 Å². The Labute approximate surface area is 73.7 Å². The lowest BCUT2D eigenvalue weighted by atomic mass is 10.2. The summed E-state index contributed by atoms with van der Waals surface area (Å²) in [6.07, 6.45) is 1.61. The van der Waals surface area contributed by atoms with Gasteiger partial charge in [0.25, 0.3) is 5.91 Å². The van der Waals surface area contributed by atoms with Crippen LogP contribution >= 0.6 is 0 Å². The van der Waals surface area contributed by atoms with Crippen molar-refractivity contribution in [3.05, 3.63) is 24.0 Å². The number of aromatic nitrogens is 2. The molecule has 0 aliphatic rings. The van der Waals surface area contributed by atoms with Crippen molar-refractivity contribution in [1.29, 1.82) is 0 Å². The second-order valence-corrected chi connectivity index (χ2v) is 2.68. The summed E-state index contributed by atoms with van der Waals surface area (Å²) >= 11 is 0. The van der Waals surface area contributed by atoms with Crippen molar-refractivity contribution in [3.63, 3.8) is 0 Å². The SMILES string of the molecule is NC(=O)c1[nH]c2ncccc2c1N. The molecule has 5 N–H and O–H groups in total. The molecule has 0 bridgehead atoms. The zero-order valence-electron chi connectivity index (χ0n) is 6.74. The van der Waals surface area contributed by atoms with Gasteiger partial charge in [-0.1, -0.05) is 0 Å². The Morgan fingerprint density at radius 2 is 2.31 bits per heavy atom. The molecule has 0 atom stereocenters. The van der Waals surface area contributed by atoms with Gasteiger partial charge in [-0.25, -0.2) is 4.98 Å². The lowest BCUT2D eigenvalue weighted by Gasteiger charge is -1.90. The number of aromatic amines is 1. The molecule has 5 heteroatoms. The van der Waals surface area contributed by atoms with Crippen LogP contribution in [-0.2, 0) is 0 Å². The van der Waals surface area contributed by atoms with Crippen LogP contribution in [0.15, 0.2) is 18.3 Å². The summed E-state index contributed by atoms with van der Waals surface area (Å²) in [5.41, 5.74) is 11.9. The third kappa shape index (κ3) is 1.01. The number of nitrogens with zero attached hydrogens (tertiary/aromatic N) is 1. The third-order valence-electron chi connectivity index (χ3n) is 1.86. The normalized spacial score (nSPS) is 10.5. The molecule has 0 aliphatic heterocycles. The number of amides is 1. The van der Waals surface area contributed by atoms with Gasteiger partial charge in [0, 0.05) is 11.6 Å². The maximum atomic E-state index is 10.9. The molecule has 0 radical (unpaired) electrons. The van der Waals surface area contributed by atoms with E-state index in [2.05, 4.69) is 9.97 Å². The second-order valence-electron chi connectivity index (χ2n) is 2.68. The first kappa shape index (κ1) is 7.60. The van der Waals surface area contributed by atoms with Crippen molar-refractivity contribution >= 4 is 22.6 Å². The number of nitrogen functional groups attached to an aromatic ring is 1. The van der Waals surface area contributed by atoms with Gasteiger partial charge in [-0.2, -0.15) is 0 Å². The topological polar surface area (TPSA) is 97.8 Å². The highest BCUT2D eigenvalue weighted by atomic mass is 16.1. The highest BCUT2D eigenvalue weighted by molar-refractivity contribution is 6.05. The van der Waals surface area contributed by atoms with Gasteiger partial charge < -0.3 is 16.5 Å². The second kappa shape index (κ2) is 2.48. The Bertz CT molecular complexity index is 474. The minimum absolute atomic E-state index is 0.216. The standard InChI is InChI=1S/C8H8N4O/c9-5-4-2-1-3-11-8(4)12-6(5)7(10)13/h1-3H,9H2,(H2,10,13)(H,11,12). The summed E-state index contributed by atoms with van der Waals surface area (Å²) in [6, 6.07) is 3.53. The molecule has 2 aromatic rings. The Morgan fingerprint density at radius 3 is 2.92 bits per heavy atom. The number of H-pyrrole nitrogens is 1. The van der Waals surface area contributed by atoms with Gasteiger partial charge >= 0.3 is 0 Å². The number of carbonyl (C=O) groups is 1. The van der Waals surface area contributed by atoms with Gasteiger partial charge in [0.1, 0.15) is 11.3 Å². The number of anilines is 1. The highest BCUT2D eigenvalue weighted by Gasteiger charge is 2.12. The van der Waals surface area contributed by atoms with Crippen LogP contribution in [0.1, 0.15) is 10.5 Å². The lowest BCUT2D eigenvalue weighted by molar-refractivity contribution is 0.0997. The number of fused-ring (bicyclic) bond motifs is 1. The lowest BCUT2D eigenvalue weighted by Crippen LogP contribution is -2.13. The first-order valence-corrected chi connectivity index (χ1v) is 3.72. The van der Waals surface area contributed by atoms with Crippen molar-refractivity contribution in [2.75, 3.05) is 5.73 Å². The van der Waals surface area contributed by atoms with Gasteiger partial charge in [-0.05, 0) is 12.1 Å². The van der Waals surface area contributed by atoms with Crippen molar-refractivity contribution in [2.24, 2.45) is 5.73 Å². The van der Waals surface area contributed by atoms with Gasteiger partial charge in [-0.3, -0.25) is 4.79 Å². The summed E-state index contributed by atoms with van der Waals surface area (Å²) in [5, 5.41) is 0.719.